The van der Waals surface area contributed by atoms with Crippen molar-refractivity contribution in [2.45, 2.75) is 25.4 Å². The average Bonchev–Trinajstić information content (AvgIpc) is 3.46. The van der Waals surface area contributed by atoms with Crippen LogP contribution in [0.5, 0.6) is 5.75 Å². The highest BCUT2D eigenvalue weighted by Gasteiger charge is 2.49. The smallest absolute Gasteiger partial charge is 0.225 e. The van der Waals surface area contributed by atoms with Gasteiger partial charge in [-0.1, -0.05) is 24.3 Å². The minimum atomic E-state index is -0.0289. The van der Waals surface area contributed by atoms with Gasteiger partial charge < -0.3 is 10.1 Å². The SMILES string of the molecule is O=C(NCc1cccnc1)[C@@H]1CN(CC2CC2)[C@H]2c3ccccc3OC[C@@H]12. The summed E-state index contributed by atoms with van der Waals surface area (Å²) in [5.74, 6) is 2.11. The first kappa shape index (κ1) is 16.8. The third-order valence-electron chi connectivity index (χ3n) is 6.13. The first-order valence-corrected chi connectivity index (χ1v) is 9.92. The van der Waals surface area contributed by atoms with Crippen LogP contribution in [0.2, 0.25) is 0 Å². The number of aromatic nitrogens is 1. The molecule has 1 saturated carbocycles. The fraction of sp³-hybridized carbons (Fsp3) is 0.455. The highest BCUT2D eigenvalue weighted by atomic mass is 16.5. The Morgan fingerprint density at radius 2 is 2.11 bits per heavy atom. The van der Waals surface area contributed by atoms with Crippen molar-refractivity contribution in [1.82, 2.24) is 15.2 Å². The Morgan fingerprint density at radius 1 is 1.22 bits per heavy atom. The molecule has 5 nitrogen and oxygen atoms in total. The molecular weight excluding hydrogens is 338 g/mol. The summed E-state index contributed by atoms with van der Waals surface area (Å²) >= 11 is 0. The Bertz CT molecular complexity index is 821. The fourth-order valence-electron chi connectivity index (χ4n) is 4.59. The number of para-hydroxylation sites is 1. The lowest BCUT2D eigenvalue weighted by atomic mass is 9.85. The number of nitrogens with one attached hydrogen (secondary N) is 1. The van der Waals surface area contributed by atoms with Gasteiger partial charge in [-0.15, -0.1) is 0 Å². The van der Waals surface area contributed by atoms with E-state index in [-0.39, 0.29) is 17.7 Å². The van der Waals surface area contributed by atoms with Crippen LogP contribution in [0.3, 0.4) is 0 Å². The summed E-state index contributed by atoms with van der Waals surface area (Å²) < 4.78 is 6.03. The molecule has 3 atom stereocenters. The zero-order valence-corrected chi connectivity index (χ0v) is 15.4. The van der Waals surface area contributed by atoms with Crippen LogP contribution >= 0.6 is 0 Å². The van der Waals surface area contributed by atoms with Crippen LogP contribution in [-0.2, 0) is 11.3 Å². The monoisotopic (exact) mass is 363 g/mol. The number of likely N-dealkylation sites (tertiary alicyclic amines) is 1. The minimum absolute atomic E-state index is 0.0289. The van der Waals surface area contributed by atoms with Crippen LogP contribution in [0.15, 0.2) is 48.8 Å². The number of rotatable bonds is 5. The van der Waals surface area contributed by atoms with Gasteiger partial charge in [0.05, 0.1) is 12.5 Å². The van der Waals surface area contributed by atoms with Crippen molar-refractivity contribution in [2.75, 3.05) is 19.7 Å². The molecule has 2 fully saturated rings. The van der Waals surface area contributed by atoms with E-state index in [4.69, 9.17) is 4.74 Å². The van der Waals surface area contributed by atoms with Crippen molar-refractivity contribution in [2.24, 2.45) is 17.8 Å². The molecule has 1 aromatic heterocycles. The van der Waals surface area contributed by atoms with E-state index in [1.165, 1.54) is 18.4 Å². The van der Waals surface area contributed by atoms with E-state index in [0.717, 1.165) is 30.3 Å². The van der Waals surface area contributed by atoms with Gasteiger partial charge in [-0.2, -0.15) is 0 Å². The predicted octanol–water partition coefficient (Wildman–Crippen LogP) is 2.79. The van der Waals surface area contributed by atoms with Crippen LogP contribution in [0.1, 0.15) is 30.0 Å². The Labute approximate surface area is 159 Å². The Hall–Kier alpha value is -2.40. The zero-order valence-electron chi connectivity index (χ0n) is 15.4. The van der Waals surface area contributed by atoms with Gasteiger partial charge in [0, 0.05) is 49.6 Å². The van der Waals surface area contributed by atoms with Crippen LogP contribution in [0.25, 0.3) is 0 Å². The van der Waals surface area contributed by atoms with Crippen LogP contribution < -0.4 is 10.1 Å². The van der Waals surface area contributed by atoms with Gasteiger partial charge in [0.25, 0.3) is 0 Å². The quantitative estimate of drug-likeness (QED) is 0.888. The Morgan fingerprint density at radius 3 is 2.93 bits per heavy atom. The predicted molar refractivity (Wildman–Crippen MR) is 102 cm³/mol. The molecule has 5 heteroatoms. The van der Waals surface area contributed by atoms with E-state index >= 15 is 0 Å². The molecule has 3 aliphatic rings. The first-order chi connectivity index (χ1) is 13.3. The molecule has 3 heterocycles. The van der Waals surface area contributed by atoms with Gasteiger partial charge >= 0.3 is 0 Å². The van der Waals surface area contributed by atoms with E-state index in [1.807, 2.05) is 18.2 Å². The number of hydrogen-bond donors (Lipinski definition) is 1. The molecule has 0 bridgehead atoms. The molecule has 2 aromatic rings. The number of hydrogen-bond acceptors (Lipinski definition) is 4. The lowest BCUT2D eigenvalue weighted by Crippen LogP contribution is -2.37. The van der Waals surface area contributed by atoms with Crippen molar-refractivity contribution in [1.29, 1.82) is 0 Å². The van der Waals surface area contributed by atoms with Gasteiger partial charge in [-0.3, -0.25) is 14.7 Å². The summed E-state index contributed by atoms with van der Waals surface area (Å²) in [6, 6.07) is 12.5. The molecule has 1 N–H and O–H groups in total. The van der Waals surface area contributed by atoms with Crippen molar-refractivity contribution >= 4 is 5.91 Å². The maximum Gasteiger partial charge on any atom is 0.225 e. The molecule has 2 aliphatic heterocycles. The van der Waals surface area contributed by atoms with E-state index in [1.54, 1.807) is 12.4 Å². The molecule has 1 saturated heterocycles. The van der Waals surface area contributed by atoms with Crippen molar-refractivity contribution < 1.29 is 9.53 Å². The van der Waals surface area contributed by atoms with Crippen molar-refractivity contribution in [3.05, 3.63) is 59.9 Å². The number of pyridine rings is 1. The second-order valence-corrected chi connectivity index (χ2v) is 8.04. The molecule has 0 spiro atoms. The van der Waals surface area contributed by atoms with Crippen LogP contribution in [0, 0.1) is 17.8 Å². The Kier molecular flexibility index (Phi) is 4.32. The third kappa shape index (κ3) is 3.32. The Balaban J connectivity index is 1.35. The number of benzene rings is 1. The first-order valence-electron chi connectivity index (χ1n) is 9.92. The van der Waals surface area contributed by atoms with Gasteiger partial charge in [-0.25, -0.2) is 0 Å². The topological polar surface area (TPSA) is 54.5 Å². The summed E-state index contributed by atoms with van der Waals surface area (Å²) in [7, 11) is 0. The van der Waals surface area contributed by atoms with E-state index in [9.17, 15) is 4.79 Å². The lowest BCUT2D eigenvalue weighted by Gasteiger charge is -2.34. The molecule has 0 unspecified atom stereocenters. The van der Waals surface area contributed by atoms with Crippen LogP contribution in [-0.4, -0.2) is 35.5 Å². The van der Waals surface area contributed by atoms with Gasteiger partial charge in [-0.05, 0) is 36.5 Å². The lowest BCUT2D eigenvalue weighted by molar-refractivity contribution is -0.126. The number of fused-ring (bicyclic) bond motifs is 3. The second kappa shape index (κ2) is 6.97. The van der Waals surface area contributed by atoms with E-state index < -0.39 is 0 Å². The summed E-state index contributed by atoms with van der Waals surface area (Å²) in [6.45, 7) is 3.07. The number of ether oxygens (including phenoxy) is 1. The van der Waals surface area contributed by atoms with E-state index in [0.29, 0.717) is 19.2 Å². The minimum Gasteiger partial charge on any atom is -0.493 e. The molecule has 0 radical (unpaired) electrons. The molecule has 5 rings (SSSR count). The third-order valence-corrected chi connectivity index (χ3v) is 6.13. The number of carbonyl (C=O) groups is 1. The largest absolute Gasteiger partial charge is 0.493 e. The molecule has 1 amide bonds. The number of nitrogens with zero attached hydrogens (tertiary/aromatic N) is 2. The summed E-state index contributed by atoms with van der Waals surface area (Å²) in [6.07, 6.45) is 6.20. The molecular formula is C22H25N3O2. The fourth-order valence-corrected chi connectivity index (χ4v) is 4.59. The highest BCUT2D eigenvalue weighted by Crippen LogP contribution is 2.48. The average molecular weight is 363 g/mol. The van der Waals surface area contributed by atoms with Gasteiger partial charge in [0.2, 0.25) is 5.91 Å². The molecule has 27 heavy (non-hydrogen) atoms. The van der Waals surface area contributed by atoms with Gasteiger partial charge in [0.1, 0.15) is 5.75 Å². The molecule has 140 valence electrons. The van der Waals surface area contributed by atoms with Crippen molar-refractivity contribution in [3.63, 3.8) is 0 Å². The van der Waals surface area contributed by atoms with Crippen LogP contribution in [0.4, 0.5) is 0 Å². The molecule has 1 aliphatic carbocycles. The maximum atomic E-state index is 13.0. The normalized spacial score (nSPS) is 26.7. The number of amides is 1. The summed E-state index contributed by atoms with van der Waals surface area (Å²) in [4.78, 5) is 19.7. The summed E-state index contributed by atoms with van der Waals surface area (Å²) in [5, 5.41) is 3.13. The molecule has 1 aromatic carbocycles. The highest BCUT2D eigenvalue weighted by molar-refractivity contribution is 5.80. The van der Waals surface area contributed by atoms with E-state index in [2.05, 4.69) is 33.4 Å². The van der Waals surface area contributed by atoms with Crippen molar-refractivity contribution in [3.8, 4) is 5.75 Å². The standard InChI is InChI=1S/C22H25N3O2/c26-22(24-11-16-4-3-9-23-10-16)18-13-25(12-15-7-8-15)21-17-5-1-2-6-20(17)27-14-19(18)21/h1-6,9-10,15,18-19,21H,7-8,11-14H2,(H,24,26)/t18-,19+,21+/m1/s1. The second-order valence-electron chi connectivity index (χ2n) is 8.04. The zero-order chi connectivity index (χ0) is 18.2. The summed E-state index contributed by atoms with van der Waals surface area (Å²) in [5.41, 5.74) is 2.28. The number of carbonyl (C=O) groups excluding carboxylic acids is 1. The van der Waals surface area contributed by atoms with Gasteiger partial charge in [0.15, 0.2) is 0 Å². The maximum absolute atomic E-state index is 13.0.